The van der Waals surface area contributed by atoms with Crippen LogP contribution < -0.4 is 17.2 Å². The number of nitrogens with two attached hydrogens (primary N) is 3. The van der Waals surface area contributed by atoms with Gasteiger partial charge in [0.1, 0.15) is 0 Å². The van der Waals surface area contributed by atoms with E-state index in [1.165, 1.54) is 0 Å². The molecule has 0 saturated heterocycles. The van der Waals surface area contributed by atoms with Crippen molar-refractivity contribution in [3.63, 3.8) is 0 Å². The van der Waals surface area contributed by atoms with E-state index in [1.807, 2.05) is 0 Å². The number of rotatable bonds is 59. The van der Waals surface area contributed by atoms with Gasteiger partial charge in [-0.1, -0.05) is 0 Å². The van der Waals surface area contributed by atoms with Crippen LogP contribution in [-0.4, -0.2) is 245 Å². The van der Waals surface area contributed by atoms with E-state index in [2.05, 4.69) is 0 Å². The van der Waals surface area contributed by atoms with Gasteiger partial charge in [0.05, 0.1) is 218 Å². The molecule has 0 aromatic rings. The summed E-state index contributed by atoms with van der Waals surface area (Å²) in [5.41, 5.74) is 17.5. The van der Waals surface area contributed by atoms with Crippen LogP contribution in [0.15, 0.2) is 0 Å². The molecule has 20 nitrogen and oxygen atoms in total. The van der Waals surface area contributed by atoms with Gasteiger partial charge in [-0.15, -0.1) is 0 Å². The van der Waals surface area contributed by atoms with E-state index in [0.717, 1.165) is 38.5 Å². The van der Waals surface area contributed by atoms with Crippen molar-refractivity contribution in [3.8, 4) is 0 Å². The summed E-state index contributed by atoms with van der Waals surface area (Å²) in [6.45, 7) is 19.1. The molecule has 0 rings (SSSR count). The van der Waals surface area contributed by atoms with Crippen molar-refractivity contribution in [2.75, 3.05) is 245 Å². The Bertz CT molecular complexity index is 829. The van der Waals surface area contributed by atoms with Crippen molar-refractivity contribution >= 4 is 0 Å². The highest BCUT2D eigenvalue weighted by Gasteiger charge is 2.28. The average Bonchev–Trinajstić information content (AvgIpc) is 3.31. The van der Waals surface area contributed by atoms with Crippen LogP contribution in [-0.2, 0) is 80.5 Å². The van der Waals surface area contributed by atoms with Gasteiger partial charge in [0.2, 0.25) is 0 Å². The van der Waals surface area contributed by atoms with Crippen LogP contribution in [0.1, 0.15) is 38.5 Å². The Morgan fingerprint density at radius 3 is 0.547 bits per heavy atom. The second-order valence-electron chi connectivity index (χ2n) is 14.4. The van der Waals surface area contributed by atoms with Crippen molar-refractivity contribution < 1.29 is 80.5 Å². The fourth-order valence-corrected chi connectivity index (χ4v) is 5.75. The van der Waals surface area contributed by atoms with Crippen molar-refractivity contribution in [1.29, 1.82) is 0 Å². The average molecular weight is 936 g/mol. The molecule has 0 radical (unpaired) electrons. The lowest BCUT2D eigenvalue weighted by Gasteiger charge is -2.34. The van der Waals surface area contributed by atoms with E-state index >= 15 is 0 Å². The van der Waals surface area contributed by atoms with Gasteiger partial charge in [-0.25, -0.2) is 0 Å². The molecule has 386 valence electrons. The van der Waals surface area contributed by atoms with Gasteiger partial charge in [0.25, 0.3) is 0 Å². The summed E-state index contributed by atoms with van der Waals surface area (Å²) in [4.78, 5) is 0. The Morgan fingerprint density at radius 2 is 0.391 bits per heavy atom. The molecular formula is C44H93N3O17. The van der Waals surface area contributed by atoms with Gasteiger partial charge < -0.3 is 97.7 Å². The van der Waals surface area contributed by atoms with Crippen molar-refractivity contribution in [2.24, 2.45) is 22.6 Å². The highest BCUT2D eigenvalue weighted by atomic mass is 16.6. The molecule has 0 heterocycles. The minimum atomic E-state index is 0.0928. The van der Waals surface area contributed by atoms with Crippen LogP contribution >= 0.6 is 0 Å². The van der Waals surface area contributed by atoms with Crippen molar-refractivity contribution in [3.05, 3.63) is 0 Å². The lowest BCUT2D eigenvalue weighted by Crippen LogP contribution is -2.30. The van der Waals surface area contributed by atoms with Crippen LogP contribution in [0.25, 0.3) is 0 Å². The Hall–Kier alpha value is -0.800. The molecule has 0 unspecified atom stereocenters. The van der Waals surface area contributed by atoms with Crippen LogP contribution in [0, 0.1) is 5.41 Å². The van der Waals surface area contributed by atoms with Crippen LogP contribution in [0.4, 0.5) is 0 Å². The normalized spacial score (nSPS) is 12.0. The first-order valence-corrected chi connectivity index (χ1v) is 23.6. The standard InChI is InChI=1S/C44H93N3O17/c1-48-11-12-49-13-14-50-15-16-51-17-18-52-19-20-53-21-22-54-23-24-55-25-26-56-27-28-57-29-30-58-31-32-59-33-34-60-35-36-61-37-38-62-39-40-63-41-42-64-43-44(5-2-8-45,6-3-9-46)7-4-10-47/h2-43,45-47H2,1H3. The second kappa shape index (κ2) is 56.5. The maximum absolute atomic E-state index is 6.02. The van der Waals surface area contributed by atoms with Crippen LogP contribution in [0.3, 0.4) is 0 Å². The zero-order valence-electron chi connectivity index (χ0n) is 39.9. The predicted octanol–water partition coefficient (Wildman–Crippen LogP) is 1.10. The molecule has 0 saturated carbocycles. The highest BCUT2D eigenvalue weighted by molar-refractivity contribution is 4.80. The lowest BCUT2D eigenvalue weighted by atomic mass is 9.76. The summed E-state index contributed by atoms with van der Waals surface area (Å²) < 4.78 is 93.5. The molecular weight excluding hydrogens is 842 g/mol. The van der Waals surface area contributed by atoms with Gasteiger partial charge in [0.15, 0.2) is 0 Å². The predicted molar refractivity (Wildman–Crippen MR) is 242 cm³/mol. The molecule has 0 aliphatic carbocycles. The molecule has 0 spiro atoms. The monoisotopic (exact) mass is 936 g/mol. The summed E-state index contributed by atoms with van der Waals surface area (Å²) in [6.07, 6.45) is 6.05. The number of hydrogen-bond donors (Lipinski definition) is 3. The Balaban J connectivity index is 3.23. The summed E-state index contributed by atoms with van der Waals surface area (Å²) >= 11 is 0. The van der Waals surface area contributed by atoms with Crippen LogP contribution in [0.2, 0.25) is 0 Å². The van der Waals surface area contributed by atoms with E-state index in [4.69, 9.17) is 97.7 Å². The van der Waals surface area contributed by atoms with Crippen molar-refractivity contribution in [1.82, 2.24) is 0 Å². The topological polar surface area (TPSA) is 235 Å². The van der Waals surface area contributed by atoms with Crippen LogP contribution in [0.5, 0.6) is 0 Å². The van der Waals surface area contributed by atoms with Gasteiger partial charge in [-0.3, -0.25) is 0 Å². The fourth-order valence-electron chi connectivity index (χ4n) is 5.75. The number of methoxy groups -OCH3 is 1. The molecule has 20 heteroatoms. The zero-order valence-corrected chi connectivity index (χ0v) is 39.9. The number of ether oxygens (including phenoxy) is 17. The summed E-state index contributed by atoms with van der Waals surface area (Å²) in [5.74, 6) is 0. The Morgan fingerprint density at radius 1 is 0.234 bits per heavy atom. The first kappa shape index (κ1) is 63.2. The second-order valence-corrected chi connectivity index (χ2v) is 14.4. The molecule has 0 atom stereocenters. The van der Waals surface area contributed by atoms with Gasteiger partial charge in [-0.05, 0) is 63.6 Å². The molecule has 0 aliphatic heterocycles. The van der Waals surface area contributed by atoms with Gasteiger partial charge >= 0.3 is 0 Å². The van der Waals surface area contributed by atoms with E-state index in [-0.39, 0.29) is 5.41 Å². The van der Waals surface area contributed by atoms with E-state index in [0.29, 0.717) is 238 Å². The molecule has 64 heavy (non-hydrogen) atoms. The molecule has 0 bridgehead atoms. The van der Waals surface area contributed by atoms with E-state index in [9.17, 15) is 0 Å². The maximum atomic E-state index is 6.02. The highest BCUT2D eigenvalue weighted by Crippen LogP contribution is 2.35. The minimum absolute atomic E-state index is 0.0928. The first-order valence-electron chi connectivity index (χ1n) is 23.6. The summed E-state index contributed by atoms with van der Waals surface area (Å²) in [6, 6.07) is 0. The first-order chi connectivity index (χ1) is 31.7. The van der Waals surface area contributed by atoms with E-state index < -0.39 is 0 Å². The molecule has 0 fully saturated rings. The Labute approximate surface area is 385 Å². The molecule has 0 aromatic heterocycles. The summed E-state index contributed by atoms with van der Waals surface area (Å²) in [7, 11) is 1.64. The third-order valence-corrected chi connectivity index (χ3v) is 9.15. The summed E-state index contributed by atoms with van der Waals surface area (Å²) in [5, 5.41) is 0. The Kier molecular flexibility index (Phi) is 55.8. The minimum Gasteiger partial charge on any atom is -0.382 e. The zero-order chi connectivity index (χ0) is 46.2. The molecule has 6 N–H and O–H groups in total. The molecule has 0 amide bonds. The van der Waals surface area contributed by atoms with E-state index in [1.54, 1.807) is 7.11 Å². The third-order valence-electron chi connectivity index (χ3n) is 9.15. The largest absolute Gasteiger partial charge is 0.382 e. The van der Waals surface area contributed by atoms with Gasteiger partial charge in [-0.2, -0.15) is 0 Å². The number of hydrogen-bond acceptors (Lipinski definition) is 20. The van der Waals surface area contributed by atoms with Crippen molar-refractivity contribution in [2.45, 2.75) is 38.5 Å². The quantitative estimate of drug-likeness (QED) is 0.0725. The fraction of sp³-hybridized carbons (Fsp3) is 1.00. The smallest absolute Gasteiger partial charge is 0.0701 e. The lowest BCUT2D eigenvalue weighted by molar-refractivity contribution is -0.0323. The molecule has 0 aromatic carbocycles. The van der Waals surface area contributed by atoms with Gasteiger partial charge in [0, 0.05) is 7.11 Å². The maximum Gasteiger partial charge on any atom is 0.0701 e. The molecule has 0 aliphatic rings. The SMILES string of the molecule is COCCOCCOCCOCCOCCOCCOCCOCCOCCOCCOCCOCCOCCOCCOCCOCCOCC(CCCN)(CCCN)CCCN. The third kappa shape index (κ3) is 50.6.